The summed E-state index contributed by atoms with van der Waals surface area (Å²) in [6, 6.07) is 41.9. The van der Waals surface area contributed by atoms with Crippen LogP contribution in [0.4, 0.5) is 0 Å². The molecule has 3 atom stereocenters. The largest absolute Gasteiger partial charge is 0.392 e. The third-order valence-corrected chi connectivity index (χ3v) is 8.47. The van der Waals surface area contributed by atoms with Crippen LogP contribution >= 0.6 is 0 Å². The predicted molar refractivity (Wildman–Crippen MR) is 178 cm³/mol. The van der Waals surface area contributed by atoms with Crippen molar-refractivity contribution >= 4 is 0 Å². The van der Waals surface area contributed by atoms with Crippen molar-refractivity contribution in [2.24, 2.45) is 10.8 Å². The van der Waals surface area contributed by atoms with E-state index in [-0.39, 0.29) is 30.9 Å². The van der Waals surface area contributed by atoms with E-state index in [1.807, 2.05) is 102 Å². The van der Waals surface area contributed by atoms with Gasteiger partial charge >= 0.3 is 0 Å². The van der Waals surface area contributed by atoms with Crippen molar-refractivity contribution in [3.05, 3.63) is 144 Å². The summed E-state index contributed by atoms with van der Waals surface area (Å²) in [5.41, 5.74) is 7.52. The molecule has 1 aliphatic rings. The minimum atomic E-state index is -0.626. The van der Waals surface area contributed by atoms with E-state index < -0.39 is 17.6 Å². The molecule has 5 aromatic rings. The van der Waals surface area contributed by atoms with Crippen molar-refractivity contribution in [1.29, 1.82) is 0 Å². The van der Waals surface area contributed by atoms with E-state index in [4.69, 9.17) is 9.97 Å². The van der Waals surface area contributed by atoms with Gasteiger partial charge in [0, 0.05) is 38.4 Å². The Morgan fingerprint density at radius 1 is 0.667 bits per heavy atom. The topological polar surface area (TPSA) is 66.2 Å². The van der Waals surface area contributed by atoms with Gasteiger partial charge in [0.1, 0.15) is 0 Å². The number of benzene rings is 3. The van der Waals surface area contributed by atoms with Gasteiger partial charge in [-0.25, -0.2) is 0 Å². The quantitative estimate of drug-likeness (QED) is 0.173. The summed E-state index contributed by atoms with van der Waals surface area (Å²) in [6.07, 6.45) is 1.42. The normalized spacial score (nSPS) is 16.7. The van der Waals surface area contributed by atoms with Crippen LogP contribution in [0.15, 0.2) is 109 Å². The monoisotopic (exact) mass is 775 g/mol. The maximum Gasteiger partial charge on any atom is 0.0814 e. The Balaban J connectivity index is 0.000000283. The fourth-order valence-electron chi connectivity index (χ4n) is 5.66. The molecule has 0 aliphatic heterocycles. The summed E-state index contributed by atoms with van der Waals surface area (Å²) in [6.45, 7) is 11.9. The standard InChI is InChI=1S/C29H18N2.C11H24O2.Ir/c1-2-11-21(12-3-1)26-17-10-19-28(31-26)29(27-18-8-9-20-30-27)24-15-6-4-13-22(24)23-14-5-7-16-25(23)29;1-10(2,3)8(12)7-9(13)11(4,5)6;/h1-11,13-15,17-20H;8-9,12-13H,7H2,1-6H3;/q-2;;/t29-;;/m0../s1. The molecule has 2 heterocycles. The maximum absolute atomic E-state index is 9.76. The zero-order chi connectivity index (χ0) is 31.5. The molecular formula is C40H42IrN2O2-2. The van der Waals surface area contributed by atoms with Crippen LogP contribution in [0, 0.1) is 23.0 Å². The fourth-order valence-corrected chi connectivity index (χ4v) is 5.66. The van der Waals surface area contributed by atoms with Crippen LogP contribution in [-0.4, -0.2) is 32.4 Å². The maximum atomic E-state index is 9.76. The van der Waals surface area contributed by atoms with Gasteiger partial charge in [-0.2, -0.15) is 24.3 Å². The van der Waals surface area contributed by atoms with E-state index >= 15 is 0 Å². The first-order valence-electron chi connectivity index (χ1n) is 15.3. The Morgan fingerprint density at radius 3 is 1.93 bits per heavy atom. The molecule has 0 saturated heterocycles. The minimum Gasteiger partial charge on any atom is -0.392 e. The second kappa shape index (κ2) is 13.9. The molecule has 45 heavy (non-hydrogen) atoms. The molecule has 2 aromatic heterocycles. The predicted octanol–water partition coefficient (Wildman–Crippen LogP) is 8.30. The van der Waals surface area contributed by atoms with E-state index in [0.29, 0.717) is 6.42 Å². The summed E-state index contributed by atoms with van der Waals surface area (Å²) in [5.74, 6) is 0. The average molecular weight is 775 g/mol. The number of rotatable bonds is 5. The summed E-state index contributed by atoms with van der Waals surface area (Å²) in [4.78, 5) is 10.0. The second-order valence-corrected chi connectivity index (χ2v) is 13.7. The van der Waals surface area contributed by atoms with Crippen LogP contribution in [0.3, 0.4) is 0 Å². The van der Waals surface area contributed by atoms with Crippen LogP contribution in [-0.2, 0) is 25.5 Å². The van der Waals surface area contributed by atoms with Gasteiger partial charge in [-0.3, -0.25) is 9.97 Å². The van der Waals surface area contributed by atoms with E-state index in [0.717, 1.165) is 28.2 Å². The molecule has 2 unspecified atom stereocenters. The molecule has 3 aromatic carbocycles. The number of aromatic nitrogens is 2. The van der Waals surface area contributed by atoms with Gasteiger partial charge in [0.25, 0.3) is 0 Å². The van der Waals surface area contributed by atoms with Gasteiger partial charge < -0.3 is 10.2 Å². The van der Waals surface area contributed by atoms with Crippen molar-refractivity contribution in [3.8, 4) is 22.4 Å². The van der Waals surface area contributed by atoms with Crippen LogP contribution in [0.5, 0.6) is 0 Å². The molecular weight excluding hydrogens is 733 g/mol. The molecule has 5 heteroatoms. The van der Waals surface area contributed by atoms with Crippen molar-refractivity contribution in [2.75, 3.05) is 0 Å². The van der Waals surface area contributed by atoms with Gasteiger partial charge in [-0.05, 0) is 40.3 Å². The first-order valence-corrected chi connectivity index (χ1v) is 15.3. The minimum absolute atomic E-state index is 0. The molecule has 1 radical (unpaired) electrons. The summed E-state index contributed by atoms with van der Waals surface area (Å²) in [7, 11) is 0. The number of aliphatic hydroxyl groups excluding tert-OH is 2. The number of aliphatic hydroxyl groups is 2. The molecule has 0 spiro atoms. The molecule has 235 valence electrons. The Morgan fingerprint density at radius 2 is 1.29 bits per heavy atom. The number of hydrogen-bond acceptors (Lipinski definition) is 4. The van der Waals surface area contributed by atoms with Crippen LogP contribution in [0.25, 0.3) is 22.4 Å². The number of fused-ring (bicyclic) bond motifs is 3. The Kier molecular flexibility index (Phi) is 10.6. The first-order chi connectivity index (χ1) is 20.9. The van der Waals surface area contributed by atoms with Crippen LogP contribution in [0.1, 0.15) is 70.5 Å². The molecule has 0 bridgehead atoms. The van der Waals surface area contributed by atoms with Crippen molar-refractivity contribution in [1.82, 2.24) is 9.97 Å². The Hall–Kier alpha value is -3.47. The molecule has 2 N–H and O–H groups in total. The molecule has 0 saturated carbocycles. The van der Waals surface area contributed by atoms with E-state index in [1.54, 1.807) is 0 Å². The van der Waals surface area contributed by atoms with Crippen LogP contribution < -0.4 is 0 Å². The molecule has 1 aliphatic carbocycles. The summed E-state index contributed by atoms with van der Waals surface area (Å²) >= 11 is 0. The van der Waals surface area contributed by atoms with E-state index in [1.165, 1.54) is 16.7 Å². The van der Waals surface area contributed by atoms with E-state index in [2.05, 4.69) is 60.7 Å². The third-order valence-electron chi connectivity index (χ3n) is 8.47. The van der Waals surface area contributed by atoms with Crippen LogP contribution in [0.2, 0.25) is 0 Å². The smallest absolute Gasteiger partial charge is 0.0814 e. The zero-order valence-corrected chi connectivity index (χ0v) is 29.3. The number of nitrogens with zero attached hydrogens (tertiary/aromatic N) is 2. The van der Waals surface area contributed by atoms with Crippen molar-refractivity contribution in [2.45, 2.75) is 65.6 Å². The van der Waals surface area contributed by atoms with Gasteiger partial charge in [-0.15, -0.1) is 47.0 Å². The average Bonchev–Trinajstić information content (AvgIpc) is 3.33. The molecule has 6 rings (SSSR count). The second-order valence-electron chi connectivity index (χ2n) is 13.7. The van der Waals surface area contributed by atoms with Gasteiger partial charge in [0.15, 0.2) is 0 Å². The summed E-state index contributed by atoms with van der Waals surface area (Å²) in [5, 5.41) is 19.5. The first kappa shape index (κ1) is 34.4. The number of hydrogen-bond donors (Lipinski definition) is 2. The Labute approximate surface area is 282 Å². The molecule has 4 nitrogen and oxygen atoms in total. The van der Waals surface area contributed by atoms with Gasteiger partial charge in [-0.1, -0.05) is 89.6 Å². The van der Waals surface area contributed by atoms with Crippen molar-refractivity contribution < 1.29 is 30.3 Å². The SMILES string of the molecule is CC(C)(C)C(O)CC(O)C(C)(C)C.[Ir].[c-]1ccccc1-c1cccc([C@]2(c3ccccn3)c3[c-]cccc3-c3ccccc32)n1. The summed E-state index contributed by atoms with van der Waals surface area (Å²) < 4.78 is 0. The fraction of sp³-hybridized carbons (Fsp3) is 0.300. The van der Waals surface area contributed by atoms with Crippen molar-refractivity contribution in [3.63, 3.8) is 0 Å². The number of pyridine rings is 2. The van der Waals surface area contributed by atoms with E-state index in [9.17, 15) is 10.2 Å². The third kappa shape index (κ3) is 7.03. The zero-order valence-electron chi connectivity index (χ0n) is 26.9. The Bertz CT molecular complexity index is 1630. The molecule has 0 fully saturated rings. The van der Waals surface area contributed by atoms with Gasteiger partial charge in [0.2, 0.25) is 0 Å². The van der Waals surface area contributed by atoms with Gasteiger partial charge in [0.05, 0.1) is 23.3 Å². The molecule has 0 amide bonds.